The van der Waals surface area contributed by atoms with Crippen LogP contribution in [0.1, 0.15) is 19.3 Å². The summed E-state index contributed by atoms with van der Waals surface area (Å²) in [6.45, 7) is 4.87. The molecule has 2 aromatic rings. The van der Waals surface area contributed by atoms with E-state index in [0.717, 1.165) is 69.0 Å². The van der Waals surface area contributed by atoms with Gasteiger partial charge in [-0.15, -0.1) is 0 Å². The van der Waals surface area contributed by atoms with E-state index in [-0.39, 0.29) is 6.03 Å². The van der Waals surface area contributed by atoms with Gasteiger partial charge in [-0.3, -0.25) is 4.68 Å². The number of nitrogens with zero attached hydrogens (tertiary/aromatic N) is 7. The van der Waals surface area contributed by atoms with E-state index in [4.69, 9.17) is 0 Å². The molecule has 4 rings (SSSR count). The molecule has 128 valence electrons. The first kappa shape index (κ1) is 15.2. The summed E-state index contributed by atoms with van der Waals surface area (Å²) in [5.74, 6) is 0.915. The smallest absolute Gasteiger partial charge is 0.320 e. The molecule has 4 heterocycles. The number of likely N-dealkylation sites (tertiary alicyclic amines) is 1. The predicted octanol–water partition coefficient (Wildman–Crippen LogP) is 1.09. The molecule has 0 bridgehead atoms. The van der Waals surface area contributed by atoms with Crippen LogP contribution in [0.4, 0.5) is 10.6 Å². The predicted molar refractivity (Wildman–Crippen MR) is 90.9 cm³/mol. The summed E-state index contributed by atoms with van der Waals surface area (Å²) in [7, 11) is 1.88. The number of amides is 2. The first-order valence-corrected chi connectivity index (χ1v) is 8.65. The minimum absolute atomic E-state index is 0.198. The monoisotopic (exact) mass is 329 g/mol. The summed E-state index contributed by atoms with van der Waals surface area (Å²) >= 11 is 0. The fraction of sp³-hybridized carbons (Fsp3) is 0.625. The Morgan fingerprint density at radius 3 is 2.42 bits per heavy atom. The van der Waals surface area contributed by atoms with Crippen LogP contribution in [-0.2, 0) is 7.05 Å². The number of rotatable bonds is 1. The van der Waals surface area contributed by atoms with Crippen LogP contribution < -0.4 is 4.90 Å². The Morgan fingerprint density at radius 1 is 0.958 bits per heavy atom. The molecule has 24 heavy (non-hydrogen) atoms. The molecule has 0 radical (unpaired) electrons. The number of aromatic nitrogens is 4. The van der Waals surface area contributed by atoms with Crippen molar-refractivity contribution in [1.82, 2.24) is 29.5 Å². The van der Waals surface area contributed by atoms with E-state index >= 15 is 0 Å². The van der Waals surface area contributed by atoms with Gasteiger partial charge in [0.25, 0.3) is 0 Å². The van der Waals surface area contributed by atoms with Gasteiger partial charge in [-0.1, -0.05) is 0 Å². The molecule has 2 aliphatic heterocycles. The molecule has 8 heteroatoms. The van der Waals surface area contributed by atoms with Crippen molar-refractivity contribution in [2.75, 3.05) is 44.2 Å². The topological polar surface area (TPSA) is 70.4 Å². The zero-order valence-corrected chi connectivity index (χ0v) is 14.1. The van der Waals surface area contributed by atoms with Gasteiger partial charge in [0.1, 0.15) is 12.1 Å². The molecule has 8 nitrogen and oxygen atoms in total. The number of piperidine rings is 1. The van der Waals surface area contributed by atoms with Gasteiger partial charge in [0.15, 0.2) is 5.65 Å². The van der Waals surface area contributed by atoms with Gasteiger partial charge in [-0.25, -0.2) is 14.8 Å². The molecule has 2 aliphatic rings. The summed E-state index contributed by atoms with van der Waals surface area (Å²) in [4.78, 5) is 27.6. The lowest BCUT2D eigenvalue weighted by Crippen LogP contribution is -2.53. The number of carbonyl (C=O) groups excluding carboxylic acids is 1. The van der Waals surface area contributed by atoms with E-state index in [1.807, 2.05) is 23.0 Å². The number of aryl methyl sites for hydroxylation is 1. The highest BCUT2D eigenvalue weighted by Crippen LogP contribution is 2.23. The largest absolute Gasteiger partial charge is 0.352 e. The quantitative estimate of drug-likeness (QED) is 0.783. The first-order chi connectivity index (χ1) is 11.7. The van der Waals surface area contributed by atoms with E-state index in [1.54, 1.807) is 11.0 Å². The molecule has 2 fully saturated rings. The van der Waals surface area contributed by atoms with Gasteiger partial charge < -0.3 is 14.7 Å². The second kappa shape index (κ2) is 6.26. The van der Waals surface area contributed by atoms with Crippen LogP contribution in [0.2, 0.25) is 0 Å². The minimum atomic E-state index is 0.198. The third-order valence-corrected chi connectivity index (χ3v) is 4.98. The Morgan fingerprint density at radius 2 is 1.67 bits per heavy atom. The second-order valence-electron chi connectivity index (χ2n) is 6.51. The Labute approximate surface area is 141 Å². The van der Waals surface area contributed by atoms with Gasteiger partial charge in [-0.05, 0) is 19.3 Å². The second-order valence-corrected chi connectivity index (χ2v) is 6.51. The molecule has 0 atom stereocenters. The van der Waals surface area contributed by atoms with Crippen molar-refractivity contribution >= 4 is 22.9 Å². The molecule has 0 aliphatic carbocycles. The van der Waals surface area contributed by atoms with Crippen LogP contribution in [0.3, 0.4) is 0 Å². The molecular formula is C16H23N7O. The fourth-order valence-corrected chi connectivity index (χ4v) is 3.60. The van der Waals surface area contributed by atoms with Gasteiger partial charge >= 0.3 is 6.03 Å². The maximum Gasteiger partial charge on any atom is 0.320 e. The molecule has 0 spiro atoms. The molecule has 2 saturated heterocycles. The standard InChI is InChI=1S/C16H23N7O/c1-20-14-13(11-19-20)15(18-12-17-14)21-7-9-23(10-8-21)16(24)22-5-3-2-4-6-22/h11-12H,2-10H2,1H3. The van der Waals surface area contributed by atoms with Crippen LogP contribution in [0, 0.1) is 0 Å². The lowest BCUT2D eigenvalue weighted by atomic mass is 10.1. The van der Waals surface area contributed by atoms with Gasteiger partial charge in [0, 0.05) is 46.3 Å². The molecule has 0 N–H and O–H groups in total. The van der Waals surface area contributed by atoms with Crippen LogP contribution in [0.25, 0.3) is 11.0 Å². The Hall–Kier alpha value is -2.38. The average molecular weight is 329 g/mol. The number of fused-ring (bicyclic) bond motifs is 1. The fourth-order valence-electron chi connectivity index (χ4n) is 3.60. The van der Waals surface area contributed by atoms with Gasteiger partial charge in [0.05, 0.1) is 11.6 Å². The molecular weight excluding hydrogens is 306 g/mol. The number of piperazine rings is 1. The number of hydrogen-bond acceptors (Lipinski definition) is 5. The van der Waals surface area contributed by atoms with Crippen molar-refractivity contribution in [2.24, 2.45) is 7.05 Å². The zero-order valence-electron chi connectivity index (χ0n) is 14.1. The first-order valence-electron chi connectivity index (χ1n) is 8.65. The lowest BCUT2D eigenvalue weighted by molar-refractivity contribution is 0.141. The average Bonchev–Trinajstić information content (AvgIpc) is 3.03. The lowest BCUT2D eigenvalue weighted by Gasteiger charge is -2.39. The highest BCUT2D eigenvalue weighted by Gasteiger charge is 2.27. The summed E-state index contributed by atoms with van der Waals surface area (Å²) in [6, 6.07) is 0.198. The Bertz CT molecular complexity index is 729. The van der Waals surface area contributed by atoms with Crippen molar-refractivity contribution in [3.8, 4) is 0 Å². The maximum absolute atomic E-state index is 12.6. The van der Waals surface area contributed by atoms with Crippen molar-refractivity contribution in [3.05, 3.63) is 12.5 Å². The van der Waals surface area contributed by atoms with E-state index in [1.165, 1.54) is 6.42 Å². The van der Waals surface area contributed by atoms with E-state index in [0.29, 0.717) is 0 Å². The zero-order chi connectivity index (χ0) is 16.5. The van der Waals surface area contributed by atoms with E-state index in [2.05, 4.69) is 20.0 Å². The van der Waals surface area contributed by atoms with Crippen molar-refractivity contribution in [3.63, 3.8) is 0 Å². The molecule has 0 saturated carbocycles. The van der Waals surface area contributed by atoms with Gasteiger partial charge in [0.2, 0.25) is 0 Å². The summed E-state index contributed by atoms with van der Waals surface area (Å²) in [5.41, 5.74) is 0.840. The van der Waals surface area contributed by atoms with Crippen molar-refractivity contribution in [1.29, 1.82) is 0 Å². The summed E-state index contributed by atoms with van der Waals surface area (Å²) in [5, 5.41) is 5.24. The Balaban J connectivity index is 1.44. The van der Waals surface area contributed by atoms with Crippen molar-refractivity contribution in [2.45, 2.75) is 19.3 Å². The summed E-state index contributed by atoms with van der Waals surface area (Å²) in [6.07, 6.45) is 6.91. The number of hydrogen-bond donors (Lipinski definition) is 0. The molecule has 0 unspecified atom stereocenters. The van der Waals surface area contributed by atoms with E-state index in [9.17, 15) is 4.79 Å². The molecule has 0 aromatic carbocycles. The molecule has 2 amide bonds. The highest BCUT2D eigenvalue weighted by atomic mass is 16.2. The third kappa shape index (κ3) is 2.65. The third-order valence-electron chi connectivity index (χ3n) is 4.98. The number of carbonyl (C=O) groups is 1. The normalized spacial score (nSPS) is 19.1. The van der Waals surface area contributed by atoms with E-state index < -0.39 is 0 Å². The summed E-state index contributed by atoms with van der Waals surface area (Å²) < 4.78 is 1.76. The van der Waals surface area contributed by atoms with Crippen LogP contribution in [-0.4, -0.2) is 74.8 Å². The number of urea groups is 1. The maximum atomic E-state index is 12.6. The molecule has 2 aromatic heterocycles. The highest BCUT2D eigenvalue weighted by molar-refractivity contribution is 5.86. The van der Waals surface area contributed by atoms with Crippen molar-refractivity contribution < 1.29 is 4.79 Å². The van der Waals surface area contributed by atoms with Crippen LogP contribution >= 0.6 is 0 Å². The SMILES string of the molecule is Cn1ncc2c(N3CCN(C(=O)N4CCCCC4)CC3)ncnc21. The Kier molecular flexibility index (Phi) is 3.95. The number of anilines is 1. The van der Waals surface area contributed by atoms with Crippen LogP contribution in [0.5, 0.6) is 0 Å². The van der Waals surface area contributed by atoms with Crippen LogP contribution in [0.15, 0.2) is 12.5 Å². The minimum Gasteiger partial charge on any atom is -0.352 e. The van der Waals surface area contributed by atoms with Gasteiger partial charge in [-0.2, -0.15) is 5.10 Å².